The van der Waals surface area contributed by atoms with Crippen LogP contribution in [-0.4, -0.2) is 41.2 Å². The smallest absolute Gasteiger partial charge is 0.315 e. The summed E-state index contributed by atoms with van der Waals surface area (Å²) in [6, 6.07) is -0.0558. The number of carboxylic acids is 1. The van der Waals surface area contributed by atoms with Gasteiger partial charge < -0.3 is 15.7 Å². The summed E-state index contributed by atoms with van der Waals surface area (Å²) in [5, 5.41) is 14.3. The Bertz CT molecular complexity index is 275. The molecule has 0 spiro atoms. The van der Waals surface area contributed by atoms with Crippen LogP contribution in [0.25, 0.3) is 0 Å². The molecule has 0 aromatic rings. The minimum Gasteiger partial charge on any atom is -0.481 e. The average molecular weight is 246 g/mol. The molecule has 1 atom stereocenters. The first-order valence-corrected chi connectivity index (χ1v) is 6.43. The molecule has 1 heterocycles. The summed E-state index contributed by atoms with van der Waals surface area (Å²) in [5.74, 6) is 1.10. The number of urea groups is 1. The van der Waals surface area contributed by atoms with Crippen molar-refractivity contribution in [1.29, 1.82) is 0 Å². The van der Waals surface area contributed by atoms with Crippen molar-refractivity contribution in [2.45, 2.75) is 26.3 Å². The molecule has 0 radical (unpaired) electrons. The summed E-state index contributed by atoms with van der Waals surface area (Å²) in [6.07, 6.45) is 0.987. The molecule has 1 aliphatic rings. The summed E-state index contributed by atoms with van der Waals surface area (Å²) in [7, 11) is 0. The van der Waals surface area contributed by atoms with Crippen LogP contribution in [0.1, 0.15) is 20.3 Å². The first kappa shape index (κ1) is 13.2. The molecule has 0 aromatic carbocycles. The number of thioether (sulfide) groups is 1. The van der Waals surface area contributed by atoms with Crippen molar-refractivity contribution in [3.05, 3.63) is 0 Å². The van der Waals surface area contributed by atoms with Crippen LogP contribution in [0.5, 0.6) is 0 Å². The standard InChI is InChI=1S/C10H18N2O3S/c1-10(2,8(13)14)6-11-9(15)12-7-3-4-16-5-7/h7H,3-6H2,1-2H3,(H,13,14)(H2,11,12,15). The zero-order chi connectivity index (χ0) is 12.2. The molecule has 0 saturated carbocycles. The van der Waals surface area contributed by atoms with Gasteiger partial charge in [0.25, 0.3) is 0 Å². The first-order chi connectivity index (χ1) is 7.42. The van der Waals surface area contributed by atoms with E-state index >= 15 is 0 Å². The van der Waals surface area contributed by atoms with E-state index in [2.05, 4.69) is 10.6 Å². The summed E-state index contributed by atoms with van der Waals surface area (Å²) in [6.45, 7) is 3.30. The Morgan fingerprint density at radius 3 is 2.69 bits per heavy atom. The van der Waals surface area contributed by atoms with Crippen LogP contribution in [0.3, 0.4) is 0 Å². The fourth-order valence-electron chi connectivity index (χ4n) is 1.26. The number of rotatable bonds is 4. The highest BCUT2D eigenvalue weighted by Gasteiger charge is 2.28. The van der Waals surface area contributed by atoms with Gasteiger partial charge in [-0.05, 0) is 26.0 Å². The third-order valence-corrected chi connectivity index (χ3v) is 3.70. The van der Waals surface area contributed by atoms with E-state index in [1.165, 1.54) is 0 Å². The van der Waals surface area contributed by atoms with Crippen LogP contribution in [0.4, 0.5) is 4.79 Å². The first-order valence-electron chi connectivity index (χ1n) is 5.27. The van der Waals surface area contributed by atoms with Crippen molar-refractivity contribution in [2.75, 3.05) is 18.1 Å². The number of carboxylic acid groups (broad SMARTS) is 1. The summed E-state index contributed by atoms with van der Waals surface area (Å²) in [5.41, 5.74) is -0.929. The van der Waals surface area contributed by atoms with Gasteiger partial charge in [0.1, 0.15) is 0 Å². The van der Waals surface area contributed by atoms with Crippen molar-refractivity contribution in [3.8, 4) is 0 Å². The Morgan fingerprint density at radius 1 is 1.50 bits per heavy atom. The maximum absolute atomic E-state index is 11.4. The molecule has 1 rings (SSSR count). The topological polar surface area (TPSA) is 78.4 Å². The maximum Gasteiger partial charge on any atom is 0.315 e. The Hall–Kier alpha value is -0.910. The van der Waals surface area contributed by atoms with E-state index in [4.69, 9.17) is 5.11 Å². The molecule has 16 heavy (non-hydrogen) atoms. The minimum atomic E-state index is -0.929. The fourth-order valence-corrected chi connectivity index (χ4v) is 2.41. The molecular formula is C10H18N2O3S. The molecule has 1 aliphatic heterocycles. The van der Waals surface area contributed by atoms with Crippen molar-refractivity contribution >= 4 is 23.8 Å². The average Bonchev–Trinajstić information content (AvgIpc) is 2.67. The molecular weight excluding hydrogens is 228 g/mol. The van der Waals surface area contributed by atoms with Crippen LogP contribution in [-0.2, 0) is 4.79 Å². The number of aliphatic carboxylic acids is 1. The molecule has 1 saturated heterocycles. The monoisotopic (exact) mass is 246 g/mol. The van der Waals surface area contributed by atoms with Crippen molar-refractivity contribution in [3.63, 3.8) is 0 Å². The third kappa shape index (κ3) is 3.92. The maximum atomic E-state index is 11.4. The van der Waals surface area contributed by atoms with E-state index in [-0.39, 0.29) is 18.6 Å². The second-order valence-electron chi connectivity index (χ2n) is 4.58. The number of nitrogens with one attached hydrogen (secondary N) is 2. The lowest BCUT2D eigenvalue weighted by molar-refractivity contribution is -0.146. The predicted octanol–water partition coefficient (Wildman–Crippen LogP) is 0.902. The van der Waals surface area contributed by atoms with Gasteiger partial charge in [0.15, 0.2) is 0 Å². The van der Waals surface area contributed by atoms with Gasteiger partial charge >= 0.3 is 12.0 Å². The Kier molecular flexibility index (Phi) is 4.46. The second-order valence-corrected chi connectivity index (χ2v) is 5.73. The van der Waals surface area contributed by atoms with E-state index in [0.717, 1.165) is 17.9 Å². The lowest BCUT2D eigenvalue weighted by Gasteiger charge is -2.20. The highest BCUT2D eigenvalue weighted by atomic mass is 32.2. The van der Waals surface area contributed by atoms with Crippen LogP contribution < -0.4 is 10.6 Å². The molecule has 0 bridgehead atoms. The largest absolute Gasteiger partial charge is 0.481 e. The molecule has 92 valence electrons. The number of amides is 2. The zero-order valence-electron chi connectivity index (χ0n) is 9.58. The molecule has 1 unspecified atom stereocenters. The molecule has 1 fully saturated rings. The summed E-state index contributed by atoms with van der Waals surface area (Å²) < 4.78 is 0. The van der Waals surface area contributed by atoms with Crippen LogP contribution in [0, 0.1) is 5.41 Å². The van der Waals surface area contributed by atoms with Gasteiger partial charge in [-0.2, -0.15) is 11.8 Å². The predicted molar refractivity (Wildman–Crippen MR) is 63.7 cm³/mol. The zero-order valence-corrected chi connectivity index (χ0v) is 10.4. The van der Waals surface area contributed by atoms with E-state index in [0.29, 0.717) is 0 Å². The van der Waals surface area contributed by atoms with E-state index < -0.39 is 11.4 Å². The second kappa shape index (κ2) is 5.43. The fraction of sp³-hybridized carbons (Fsp3) is 0.800. The molecule has 2 amide bonds. The van der Waals surface area contributed by atoms with E-state index in [9.17, 15) is 9.59 Å². The Morgan fingerprint density at radius 2 is 2.19 bits per heavy atom. The van der Waals surface area contributed by atoms with Crippen molar-refractivity contribution in [1.82, 2.24) is 10.6 Å². The number of hydrogen-bond donors (Lipinski definition) is 3. The highest BCUT2D eigenvalue weighted by molar-refractivity contribution is 7.99. The number of hydrogen-bond acceptors (Lipinski definition) is 3. The van der Waals surface area contributed by atoms with Crippen LogP contribution in [0.2, 0.25) is 0 Å². The van der Waals surface area contributed by atoms with Gasteiger partial charge in [-0.15, -0.1) is 0 Å². The Labute approximate surface area is 99.4 Å². The van der Waals surface area contributed by atoms with E-state index in [1.54, 1.807) is 13.8 Å². The van der Waals surface area contributed by atoms with Gasteiger partial charge in [-0.25, -0.2) is 4.79 Å². The van der Waals surface area contributed by atoms with Crippen LogP contribution in [0.15, 0.2) is 0 Å². The van der Waals surface area contributed by atoms with Gasteiger partial charge in [0.05, 0.1) is 5.41 Å². The van der Waals surface area contributed by atoms with Gasteiger partial charge in [-0.3, -0.25) is 4.79 Å². The lowest BCUT2D eigenvalue weighted by Crippen LogP contribution is -2.46. The highest BCUT2D eigenvalue weighted by Crippen LogP contribution is 2.17. The summed E-state index contributed by atoms with van der Waals surface area (Å²) >= 11 is 1.82. The molecule has 0 aromatic heterocycles. The quantitative estimate of drug-likeness (QED) is 0.688. The van der Waals surface area contributed by atoms with Gasteiger partial charge in [-0.1, -0.05) is 0 Å². The molecule has 6 heteroatoms. The third-order valence-electron chi connectivity index (χ3n) is 2.53. The van der Waals surface area contributed by atoms with Crippen molar-refractivity contribution < 1.29 is 14.7 Å². The van der Waals surface area contributed by atoms with Gasteiger partial charge in [0.2, 0.25) is 0 Å². The molecule has 0 aliphatic carbocycles. The Balaban J connectivity index is 2.26. The molecule has 3 N–H and O–H groups in total. The van der Waals surface area contributed by atoms with Crippen LogP contribution >= 0.6 is 11.8 Å². The number of carbonyl (C=O) groups excluding carboxylic acids is 1. The normalized spacial score (nSPS) is 20.5. The van der Waals surface area contributed by atoms with Crippen molar-refractivity contribution in [2.24, 2.45) is 5.41 Å². The molecule has 5 nitrogen and oxygen atoms in total. The number of carbonyl (C=O) groups is 2. The van der Waals surface area contributed by atoms with Gasteiger partial charge in [0, 0.05) is 18.3 Å². The summed E-state index contributed by atoms with van der Waals surface area (Å²) in [4.78, 5) is 22.2. The lowest BCUT2D eigenvalue weighted by atomic mass is 9.94. The van der Waals surface area contributed by atoms with E-state index in [1.807, 2.05) is 11.8 Å². The SMILES string of the molecule is CC(C)(CNC(=O)NC1CCSC1)C(=O)O. The minimum absolute atomic E-state index is 0.133.